The van der Waals surface area contributed by atoms with Crippen molar-refractivity contribution >= 4 is 10.8 Å². The molecule has 0 amide bonds. The fraction of sp³-hybridized carbons (Fsp3) is 0.294. The second-order valence-corrected chi connectivity index (χ2v) is 5.23. The van der Waals surface area contributed by atoms with Crippen LogP contribution in [-0.4, -0.2) is 21.3 Å². The van der Waals surface area contributed by atoms with Crippen molar-refractivity contribution in [1.29, 1.82) is 0 Å². The summed E-state index contributed by atoms with van der Waals surface area (Å²) in [6, 6.07) is 10.4. The van der Waals surface area contributed by atoms with E-state index in [1.807, 2.05) is 36.1 Å². The van der Waals surface area contributed by atoms with Crippen molar-refractivity contribution in [2.45, 2.75) is 26.8 Å². The molecule has 0 atom stereocenters. The molecule has 4 nitrogen and oxygen atoms in total. The zero-order chi connectivity index (χ0) is 14.7. The lowest BCUT2D eigenvalue weighted by atomic mass is 10.1. The highest BCUT2D eigenvalue weighted by atomic mass is 15.3. The van der Waals surface area contributed by atoms with Crippen LogP contribution >= 0.6 is 0 Å². The number of aromatic nitrogens is 3. The van der Waals surface area contributed by atoms with E-state index in [0.717, 1.165) is 36.4 Å². The molecule has 2 aromatic heterocycles. The molecule has 0 unspecified atom stereocenters. The number of nitrogens with zero attached hydrogens (tertiary/aromatic N) is 3. The molecule has 3 rings (SSSR count). The Morgan fingerprint density at radius 3 is 2.67 bits per heavy atom. The first-order valence-corrected chi connectivity index (χ1v) is 7.39. The lowest BCUT2D eigenvalue weighted by Gasteiger charge is -2.11. The maximum absolute atomic E-state index is 4.63. The van der Waals surface area contributed by atoms with Gasteiger partial charge in [-0.25, -0.2) is 9.67 Å². The number of benzene rings is 1. The Kier molecular flexibility index (Phi) is 3.97. The van der Waals surface area contributed by atoms with E-state index in [4.69, 9.17) is 0 Å². The predicted molar refractivity (Wildman–Crippen MR) is 85.6 cm³/mol. The molecular formula is C17H20N4. The topological polar surface area (TPSA) is 42.7 Å². The predicted octanol–water partition coefficient (Wildman–Crippen LogP) is 3.23. The van der Waals surface area contributed by atoms with Crippen LogP contribution < -0.4 is 5.32 Å². The van der Waals surface area contributed by atoms with Gasteiger partial charge in [0.1, 0.15) is 0 Å². The largest absolute Gasteiger partial charge is 0.313 e. The molecule has 0 fully saturated rings. The van der Waals surface area contributed by atoms with E-state index in [1.165, 1.54) is 10.9 Å². The summed E-state index contributed by atoms with van der Waals surface area (Å²) in [4.78, 5) is 4.63. The standard InChI is InChI=1S/C17H20N4/c1-3-9-18-11-14-12-19-17(21-10-8-13(2)20-21)16-7-5-4-6-15(14)16/h4-8,10,12,18H,3,9,11H2,1-2H3. The fourth-order valence-electron chi connectivity index (χ4n) is 2.49. The van der Waals surface area contributed by atoms with E-state index >= 15 is 0 Å². The third-order valence-corrected chi connectivity index (χ3v) is 3.54. The van der Waals surface area contributed by atoms with Crippen LogP contribution in [0.5, 0.6) is 0 Å². The molecule has 0 aliphatic carbocycles. The van der Waals surface area contributed by atoms with Gasteiger partial charge in [-0.1, -0.05) is 31.2 Å². The zero-order valence-corrected chi connectivity index (χ0v) is 12.5. The molecule has 2 heterocycles. The zero-order valence-electron chi connectivity index (χ0n) is 12.5. The molecule has 0 radical (unpaired) electrons. The van der Waals surface area contributed by atoms with E-state index in [2.05, 4.69) is 40.5 Å². The van der Waals surface area contributed by atoms with Gasteiger partial charge in [-0.15, -0.1) is 0 Å². The summed E-state index contributed by atoms with van der Waals surface area (Å²) in [5.74, 6) is 0.887. The number of pyridine rings is 1. The van der Waals surface area contributed by atoms with Crippen molar-refractivity contribution in [2.75, 3.05) is 6.54 Å². The van der Waals surface area contributed by atoms with Gasteiger partial charge in [0.05, 0.1) is 5.69 Å². The second kappa shape index (κ2) is 6.06. The molecular weight excluding hydrogens is 260 g/mol. The van der Waals surface area contributed by atoms with Crippen molar-refractivity contribution in [1.82, 2.24) is 20.1 Å². The van der Waals surface area contributed by atoms with E-state index in [-0.39, 0.29) is 0 Å². The summed E-state index contributed by atoms with van der Waals surface area (Å²) in [5.41, 5.74) is 2.22. The van der Waals surface area contributed by atoms with Crippen LogP contribution in [0.3, 0.4) is 0 Å². The maximum atomic E-state index is 4.63. The lowest BCUT2D eigenvalue weighted by Crippen LogP contribution is -2.14. The number of rotatable bonds is 5. The van der Waals surface area contributed by atoms with E-state index in [9.17, 15) is 0 Å². The lowest BCUT2D eigenvalue weighted by molar-refractivity contribution is 0.676. The molecule has 0 saturated heterocycles. The minimum atomic E-state index is 0.847. The van der Waals surface area contributed by atoms with E-state index in [0.29, 0.717) is 0 Å². The van der Waals surface area contributed by atoms with Crippen LogP contribution in [-0.2, 0) is 6.54 Å². The van der Waals surface area contributed by atoms with E-state index < -0.39 is 0 Å². The van der Waals surface area contributed by atoms with Gasteiger partial charge in [0, 0.05) is 24.3 Å². The summed E-state index contributed by atoms with van der Waals surface area (Å²) >= 11 is 0. The van der Waals surface area contributed by atoms with Gasteiger partial charge in [0.2, 0.25) is 0 Å². The average molecular weight is 280 g/mol. The average Bonchev–Trinajstić information content (AvgIpc) is 2.94. The van der Waals surface area contributed by atoms with Crippen molar-refractivity contribution in [3.63, 3.8) is 0 Å². The highest BCUT2D eigenvalue weighted by Crippen LogP contribution is 2.23. The van der Waals surface area contributed by atoms with Crippen molar-refractivity contribution in [3.05, 3.63) is 54.0 Å². The first kappa shape index (κ1) is 13.8. The molecule has 21 heavy (non-hydrogen) atoms. The Morgan fingerprint density at radius 2 is 1.95 bits per heavy atom. The molecule has 0 saturated carbocycles. The fourth-order valence-corrected chi connectivity index (χ4v) is 2.49. The number of aryl methyl sites for hydroxylation is 1. The van der Waals surface area contributed by atoms with Crippen LogP contribution in [0.2, 0.25) is 0 Å². The normalized spacial score (nSPS) is 11.1. The summed E-state index contributed by atoms with van der Waals surface area (Å²) in [6.07, 6.45) is 5.05. The highest BCUT2D eigenvalue weighted by Gasteiger charge is 2.09. The van der Waals surface area contributed by atoms with Crippen molar-refractivity contribution < 1.29 is 0 Å². The third kappa shape index (κ3) is 2.81. The molecule has 1 aromatic carbocycles. The molecule has 4 heteroatoms. The van der Waals surface area contributed by atoms with Gasteiger partial charge in [0.25, 0.3) is 0 Å². The Hall–Kier alpha value is -2.20. The van der Waals surface area contributed by atoms with Gasteiger partial charge >= 0.3 is 0 Å². The second-order valence-electron chi connectivity index (χ2n) is 5.23. The van der Waals surface area contributed by atoms with Crippen molar-refractivity contribution in [3.8, 4) is 5.82 Å². The number of hydrogen-bond donors (Lipinski definition) is 1. The minimum absolute atomic E-state index is 0.847. The van der Waals surface area contributed by atoms with Gasteiger partial charge in [-0.3, -0.25) is 0 Å². The van der Waals surface area contributed by atoms with Gasteiger partial charge in [-0.05, 0) is 36.9 Å². The van der Waals surface area contributed by atoms with Crippen LogP contribution in [0.4, 0.5) is 0 Å². The smallest absolute Gasteiger partial charge is 0.161 e. The number of fused-ring (bicyclic) bond motifs is 1. The number of hydrogen-bond acceptors (Lipinski definition) is 3. The molecule has 0 aliphatic rings. The summed E-state index contributed by atoms with van der Waals surface area (Å²) in [7, 11) is 0. The SMILES string of the molecule is CCCNCc1cnc(-n2ccc(C)n2)c2ccccc12. The minimum Gasteiger partial charge on any atom is -0.313 e. The van der Waals surface area contributed by atoms with Gasteiger partial charge in [-0.2, -0.15) is 5.10 Å². The molecule has 0 spiro atoms. The van der Waals surface area contributed by atoms with Gasteiger partial charge < -0.3 is 5.32 Å². The molecule has 0 aliphatic heterocycles. The van der Waals surface area contributed by atoms with Crippen LogP contribution in [0.25, 0.3) is 16.6 Å². The Bertz CT molecular complexity index is 745. The first-order valence-electron chi connectivity index (χ1n) is 7.39. The Labute approximate surface area is 124 Å². The summed E-state index contributed by atoms with van der Waals surface area (Å²) in [6.45, 7) is 6.03. The Balaban J connectivity index is 2.06. The highest BCUT2D eigenvalue weighted by molar-refractivity contribution is 5.90. The van der Waals surface area contributed by atoms with Crippen LogP contribution in [0.15, 0.2) is 42.7 Å². The van der Waals surface area contributed by atoms with Crippen molar-refractivity contribution in [2.24, 2.45) is 0 Å². The maximum Gasteiger partial charge on any atom is 0.161 e. The summed E-state index contributed by atoms with van der Waals surface area (Å²) < 4.78 is 1.85. The van der Waals surface area contributed by atoms with Crippen LogP contribution in [0, 0.1) is 6.92 Å². The quantitative estimate of drug-likeness (QED) is 0.730. The monoisotopic (exact) mass is 280 g/mol. The Morgan fingerprint density at radius 1 is 1.14 bits per heavy atom. The molecule has 108 valence electrons. The molecule has 3 aromatic rings. The first-order chi connectivity index (χ1) is 10.3. The molecule has 0 bridgehead atoms. The third-order valence-electron chi connectivity index (χ3n) is 3.54. The summed E-state index contributed by atoms with van der Waals surface area (Å²) in [5, 5.41) is 10.3. The van der Waals surface area contributed by atoms with E-state index in [1.54, 1.807) is 0 Å². The van der Waals surface area contributed by atoms with Gasteiger partial charge in [0.15, 0.2) is 5.82 Å². The number of nitrogens with one attached hydrogen (secondary N) is 1. The van der Waals surface area contributed by atoms with Crippen LogP contribution in [0.1, 0.15) is 24.6 Å². The molecule has 1 N–H and O–H groups in total.